The molecule has 2 heterocycles. The Kier molecular flexibility index (Phi) is 2.66. The first-order valence-corrected chi connectivity index (χ1v) is 6.42. The molecule has 1 saturated heterocycles. The van der Waals surface area contributed by atoms with Crippen molar-refractivity contribution in [3.8, 4) is 0 Å². The Hall–Kier alpha value is -2.11. The van der Waals surface area contributed by atoms with E-state index in [4.69, 9.17) is 0 Å². The molecule has 0 spiro atoms. The molecule has 1 aromatic rings. The number of nitrogens with zero attached hydrogens (tertiary/aromatic N) is 3. The van der Waals surface area contributed by atoms with Crippen molar-refractivity contribution in [2.45, 2.75) is 25.3 Å². The molecule has 19 heavy (non-hydrogen) atoms. The molecule has 2 aliphatic rings. The average Bonchev–Trinajstić information content (AvgIpc) is 2.44. The summed E-state index contributed by atoms with van der Waals surface area (Å²) in [7, 11) is 1.69. The lowest BCUT2D eigenvalue weighted by Crippen LogP contribution is -2.54. The topological polar surface area (TPSA) is 66.7 Å². The lowest BCUT2D eigenvalue weighted by Gasteiger charge is -2.44. The van der Waals surface area contributed by atoms with Crippen LogP contribution in [-0.4, -0.2) is 30.5 Å². The second-order valence-electron chi connectivity index (χ2n) is 5.03. The van der Waals surface area contributed by atoms with Crippen LogP contribution in [0.5, 0.6) is 0 Å². The number of non-ortho nitro benzene ring substituents is 1. The maximum Gasteiger partial charge on any atom is 0.271 e. The summed E-state index contributed by atoms with van der Waals surface area (Å²) in [6.45, 7) is 0.842. The van der Waals surface area contributed by atoms with Crippen LogP contribution in [0, 0.1) is 10.1 Å². The van der Waals surface area contributed by atoms with E-state index < -0.39 is 4.92 Å². The summed E-state index contributed by atoms with van der Waals surface area (Å²) in [5, 5.41) is 10.8. The Balaban J connectivity index is 2.11. The van der Waals surface area contributed by atoms with Crippen molar-refractivity contribution in [2.75, 3.05) is 23.4 Å². The van der Waals surface area contributed by atoms with Gasteiger partial charge in [-0.2, -0.15) is 0 Å². The number of piperidine rings is 1. The van der Waals surface area contributed by atoms with Gasteiger partial charge < -0.3 is 9.80 Å². The maximum absolute atomic E-state index is 12.3. The van der Waals surface area contributed by atoms with Gasteiger partial charge in [-0.05, 0) is 25.3 Å². The minimum Gasteiger partial charge on any atom is -0.358 e. The van der Waals surface area contributed by atoms with Gasteiger partial charge in [-0.15, -0.1) is 0 Å². The third-order valence-corrected chi connectivity index (χ3v) is 3.96. The lowest BCUT2D eigenvalue weighted by atomic mass is 9.96. The summed E-state index contributed by atoms with van der Waals surface area (Å²) in [4.78, 5) is 26.4. The Morgan fingerprint density at radius 1 is 1.32 bits per heavy atom. The lowest BCUT2D eigenvalue weighted by molar-refractivity contribution is -0.384. The van der Waals surface area contributed by atoms with Crippen molar-refractivity contribution in [1.82, 2.24) is 0 Å². The standard InChI is InChI=1S/C13H15N3O3/c1-14-12-8-9(16(18)19)5-6-10(12)15-7-3-2-4-11(15)13(14)17/h5-6,8,11H,2-4,7H2,1H3. The van der Waals surface area contributed by atoms with Crippen LogP contribution < -0.4 is 9.80 Å². The fourth-order valence-electron chi connectivity index (χ4n) is 2.96. The zero-order valence-corrected chi connectivity index (χ0v) is 10.7. The van der Waals surface area contributed by atoms with Crippen molar-refractivity contribution in [2.24, 2.45) is 0 Å². The molecule has 2 aliphatic heterocycles. The second-order valence-corrected chi connectivity index (χ2v) is 5.03. The molecule has 0 bridgehead atoms. The number of carbonyl (C=O) groups is 1. The number of benzene rings is 1. The smallest absolute Gasteiger partial charge is 0.271 e. The van der Waals surface area contributed by atoms with Gasteiger partial charge >= 0.3 is 0 Å². The molecule has 6 heteroatoms. The first kappa shape index (κ1) is 12.0. The van der Waals surface area contributed by atoms with Crippen LogP contribution in [0.2, 0.25) is 0 Å². The summed E-state index contributed by atoms with van der Waals surface area (Å²) < 4.78 is 0. The number of likely N-dealkylation sites (N-methyl/N-ethyl adjacent to an activating group) is 1. The van der Waals surface area contributed by atoms with Crippen LogP contribution in [0.1, 0.15) is 19.3 Å². The molecular formula is C13H15N3O3. The predicted octanol–water partition coefficient (Wildman–Crippen LogP) is 1.93. The molecule has 0 aromatic heterocycles. The van der Waals surface area contributed by atoms with Crippen molar-refractivity contribution >= 4 is 23.0 Å². The van der Waals surface area contributed by atoms with Gasteiger partial charge in [0.2, 0.25) is 5.91 Å². The van der Waals surface area contributed by atoms with E-state index in [-0.39, 0.29) is 17.6 Å². The van der Waals surface area contributed by atoms with E-state index in [0.29, 0.717) is 5.69 Å². The number of carbonyl (C=O) groups excluding carboxylic acids is 1. The summed E-state index contributed by atoms with van der Waals surface area (Å²) in [5.41, 5.74) is 1.59. The molecular weight excluding hydrogens is 246 g/mol. The van der Waals surface area contributed by atoms with Gasteiger partial charge in [0.25, 0.3) is 5.69 Å². The molecule has 1 aromatic carbocycles. The zero-order valence-electron chi connectivity index (χ0n) is 10.7. The van der Waals surface area contributed by atoms with Crippen LogP contribution >= 0.6 is 0 Å². The molecule has 0 saturated carbocycles. The number of hydrogen-bond acceptors (Lipinski definition) is 4. The van der Waals surface area contributed by atoms with Crippen molar-refractivity contribution in [1.29, 1.82) is 0 Å². The van der Waals surface area contributed by atoms with Gasteiger partial charge in [0.15, 0.2) is 0 Å². The van der Waals surface area contributed by atoms with E-state index in [0.717, 1.165) is 31.5 Å². The molecule has 1 unspecified atom stereocenters. The first-order valence-electron chi connectivity index (χ1n) is 6.42. The highest BCUT2D eigenvalue weighted by atomic mass is 16.6. The normalized spacial score (nSPS) is 21.9. The fraction of sp³-hybridized carbons (Fsp3) is 0.462. The molecule has 1 amide bonds. The highest BCUT2D eigenvalue weighted by Crippen LogP contribution is 2.40. The molecule has 0 radical (unpaired) electrons. The SMILES string of the molecule is CN1C(=O)C2CCCCN2c2ccc([N+](=O)[O-])cc21. The summed E-state index contributed by atoms with van der Waals surface area (Å²) in [6, 6.07) is 4.65. The molecule has 0 aliphatic carbocycles. The molecule has 3 rings (SSSR count). The minimum absolute atomic E-state index is 0.0221. The monoisotopic (exact) mass is 261 g/mol. The van der Waals surface area contributed by atoms with Gasteiger partial charge in [0, 0.05) is 25.7 Å². The van der Waals surface area contributed by atoms with Gasteiger partial charge in [0.1, 0.15) is 6.04 Å². The fourth-order valence-corrected chi connectivity index (χ4v) is 2.96. The Labute approximate surface area is 110 Å². The van der Waals surface area contributed by atoms with Crippen LogP contribution in [0.3, 0.4) is 0 Å². The summed E-state index contributed by atoms with van der Waals surface area (Å²) >= 11 is 0. The van der Waals surface area contributed by atoms with Gasteiger partial charge in [-0.25, -0.2) is 0 Å². The molecule has 100 valence electrons. The van der Waals surface area contributed by atoms with Gasteiger partial charge in [0.05, 0.1) is 16.3 Å². The van der Waals surface area contributed by atoms with E-state index >= 15 is 0 Å². The van der Waals surface area contributed by atoms with Crippen LogP contribution in [0.25, 0.3) is 0 Å². The molecule has 6 nitrogen and oxygen atoms in total. The summed E-state index contributed by atoms with van der Waals surface area (Å²) in [5.74, 6) is 0.0349. The number of amides is 1. The largest absolute Gasteiger partial charge is 0.358 e. The summed E-state index contributed by atoms with van der Waals surface area (Å²) in [6.07, 6.45) is 2.98. The quantitative estimate of drug-likeness (QED) is 0.572. The van der Waals surface area contributed by atoms with Gasteiger partial charge in [-0.1, -0.05) is 0 Å². The Morgan fingerprint density at radius 3 is 2.84 bits per heavy atom. The van der Waals surface area contributed by atoms with Crippen LogP contribution in [0.15, 0.2) is 18.2 Å². The average molecular weight is 261 g/mol. The maximum atomic E-state index is 12.3. The van der Waals surface area contributed by atoms with E-state index in [1.54, 1.807) is 18.0 Å². The van der Waals surface area contributed by atoms with Crippen molar-refractivity contribution in [3.05, 3.63) is 28.3 Å². The van der Waals surface area contributed by atoms with E-state index in [9.17, 15) is 14.9 Å². The first-order chi connectivity index (χ1) is 9.09. The third kappa shape index (κ3) is 1.75. The number of rotatable bonds is 1. The highest BCUT2D eigenvalue weighted by Gasteiger charge is 2.38. The third-order valence-electron chi connectivity index (χ3n) is 3.96. The Bertz CT molecular complexity index is 558. The van der Waals surface area contributed by atoms with E-state index in [1.165, 1.54) is 12.1 Å². The predicted molar refractivity (Wildman–Crippen MR) is 71.5 cm³/mol. The highest BCUT2D eigenvalue weighted by molar-refractivity contribution is 6.05. The van der Waals surface area contributed by atoms with E-state index in [1.807, 2.05) is 0 Å². The number of anilines is 2. The van der Waals surface area contributed by atoms with Crippen LogP contribution in [0.4, 0.5) is 17.1 Å². The second kappa shape index (κ2) is 4.22. The number of nitro groups is 1. The van der Waals surface area contributed by atoms with Crippen molar-refractivity contribution in [3.63, 3.8) is 0 Å². The van der Waals surface area contributed by atoms with Gasteiger partial charge in [-0.3, -0.25) is 14.9 Å². The molecule has 0 N–H and O–H groups in total. The zero-order chi connectivity index (χ0) is 13.6. The van der Waals surface area contributed by atoms with E-state index in [2.05, 4.69) is 4.90 Å². The Morgan fingerprint density at radius 2 is 2.11 bits per heavy atom. The number of fused-ring (bicyclic) bond motifs is 3. The molecule has 1 atom stereocenters. The van der Waals surface area contributed by atoms with Crippen LogP contribution in [-0.2, 0) is 4.79 Å². The number of nitro benzene ring substituents is 1. The molecule has 1 fully saturated rings. The minimum atomic E-state index is -0.430. The number of hydrogen-bond donors (Lipinski definition) is 0. The van der Waals surface area contributed by atoms with Crippen molar-refractivity contribution < 1.29 is 9.72 Å².